The summed E-state index contributed by atoms with van der Waals surface area (Å²) in [4.78, 5) is 24.2. The number of rotatable bonds is 5. The number of Topliss-reactive ketones (excluding diaryl/α,β-unsaturated/α-hetero) is 1. The van der Waals surface area contributed by atoms with E-state index in [9.17, 15) is 9.59 Å². The van der Waals surface area contributed by atoms with E-state index >= 15 is 0 Å². The van der Waals surface area contributed by atoms with Crippen molar-refractivity contribution in [2.24, 2.45) is 0 Å². The molecule has 0 saturated carbocycles. The lowest BCUT2D eigenvalue weighted by Gasteiger charge is -2.15. The smallest absolute Gasteiger partial charge is 0.335 e. The van der Waals surface area contributed by atoms with Crippen LogP contribution in [0, 0.1) is 5.41 Å². The summed E-state index contributed by atoms with van der Waals surface area (Å²) in [6, 6.07) is 4.50. The maximum atomic E-state index is 11.5. The van der Waals surface area contributed by atoms with E-state index in [0.717, 1.165) is 0 Å². The van der Waals surface area contributed by atoms with Crippen LogP contribution in [0.4, 0.5) is 5.69 Å². The van der Waals surface area contributed by atoms with Gasteiger partial charge >= 0.3 is 5.97 Å². The van der Waals surface area contributed by atoms with Crippen LogP contribution in [-0.2, 0) is 4.79 Å². The Hall–Kier alpha value is -2.17. The number of hydrogen-bond acceptors (Lipinski definition) is 4. The molecule has 0 aliphatic carbocycles. The Morgan fingerprint density at radius 2 is 1.78 bits per heavy atom. The molecule has 1 aromatic carbocycles. The van der Waals surface area contributed by atoms with Crippen LogP contribution in [0.3, 0.4) is 0 Å². The van der Waals surface area contributed by atoms with E-state index in [0.29, 0.717) is 11.3 Å². The van der Waals surface area contributed by atoms with Gasteiger partial charge in [0.15, 0.2) is 5.78 Å². The SMILES string of the molecule is CCC(=O)C(=N)c1cc(C(=O)O)cc(N(C)C)c1. The Balaban J connectivity index is 3.31. The van der Waals surface area contributed by atoms with Crippen molar-refractivity contribution in [2.75, 3.05) is 19.0 Å². The molecule has 0 spiro atoms. The van der Waals surface area contributed by atoms with Crippen LogP contribution in [0.5, 0.6) is 0 Å². The highest BCUT2D eigenvalue weighted by Crippen LogP contribution is 2.18. The number of ketones is 1. The summed E-state index contributed by atoms with van der Waals surface area (Å²) in [5.41, 5.74) is 0.914. The predicted octanol–water partition coefficient (Wildman–Crippen LogP) is 1.80. The lowest BCUT2D eigenvalue weighted by Crippen LogP contribution is -2.16. The molecule has 0 amide bonds. The van der Waals surface area contributed by atoms with Gasteiger partial charge in [-0.1, -0.05) is 6.92 Å². The highest BCUT2D eigenvalue weighted by atomic mass is 16.4. The van der Waals surface area contributed by atoms with E-state index in [1.807, 2.05) is 0 Å². The van der Waals surface area contributed by atoms with Crippen molar-refractivity contribution in [3.63, 3.8) is 0 Å². The summed E-state index contributed by atoms with van der Waals surface area (Å²) < 4.78 is 0. The molecule has 0 atom stereocenters. The van der Waals surface area contributed by atoms with Gasteiger partial charge in [-0.05, 0) is 18.2 Å². The van der Waals surface area contributed by atoms with Gasteiger partial charge in [0.05, 0.1) is 5.56 Å². The normalized spacial score (nSPS) is 9.94. The van der Waals surface area contributed by atoms with Gasteiger partial charge in [0.1, 0.15) is 5.71 Å². The molecule has 0 fully saturated rings. The minimum Gasteiger partial charge on any atom is -0.478 e. The molecule has 5 heteroatoms. The molecule has 18 heavy (non-hydrogen) atoms. The molecule has 0 unspecified atom stereocenters. The molecule has 1 aromatic rings. The van der Waals surface area contributed by atoms with Crippen LogP contribution in [0.2, 0.25) is 0 Å². The van der Waals surface area contributed by atoms with Gasteiger partial charge < -0.3 is 10.0 Å². The fourth-order valence-corrected chi connectivity index (χ4v) is 1.47. The first-order valence-corrected chi connectivity index (χ1v) is 5.54. The number of nitrogens with one attached hydrogen (secondary N) is 1. The molecule has 96 valence electrons. The maximum Gasteiger partial charge on any atom is 0.335 e. The molecule has 2 N–H and O–H groups in total. The Bertz CT molecular complexity index is 507. The van der Waals surface area contributed by atoms with Gasteiger partial charge in [0, 0.05) is 31.8 Å². The Kier molecular flexibility index (Phi) is 4.20. The van der Waals surface area contributed by atoms with Crippen molar-refractivity contribution < 1.29 is 14.7 Å². The fraction of sp³-hybridized carbons (Fsp3) is 0.308. The van der Waals surface area contributed by atoms with Crippen LogP contribution in [-0.4, -0.2) is 36.7 Å². The van der Waals surface area contributed by atoms with E-state index in [4.69, 9.17) is 10.5 Å². The van der Waals surface area contributed by atoms with Gasteiger partial charge in [-0.15, -0.1) is 0 Å². The number of carbonyl (C=O) groups is 2. The predicted molar refractivity (Wildman–Crippen MR) is 69.9 cm³/mol. The molecule has 5 nitrogen and oxygen atoms in total. The lowest BCUT2D eigenvalue weighted by molar-refractivity contribution is -0.112. The van der Waals surface area contributed by atoms with Crippen LogP contribution >= 0.6 is 0 Å². The quantitative estimate of drug-likeness (QED) is 0.778. The highest BCUT2D eigenvalue weighted by molar-refractivity contribution is 6.45. The molecule has 1 rings (SSSR count). The number of carbonyl (C=O) groups excluding carboxylic acids is 1. The zero-order chi connectivity index (χ0) is 13.9. The Morgan fingerprint density at radius 1 is 1.22 bits per heavy atom. The number of aromatic carboxylic acids is 1. The molecule has 0 bridgehead atoms. The standard InChI is InChI=1S/C13H16N2O3/c1-4-11(16)12(14)8-5-9(13(17)18)7-10(6-8)15(2)3/h5-7,14H,4H2,1-3H3,(H,17,18). The van der Waals surface area contributed by atoms with Crippen molar-refractivity contribution in [2.45, 2.75) is 13.3 Å². The second-order valence-electron chi connectivity index (χ2n) is 4.12. The molecule has 0 aliphatic rings. The third-order valence-corrected chi connectivity index (χ3v) is 2.57. The number of benzene rings is 1. The average molecular weight is 248 g/mol. The number of carboxylic acid groups (broad SMARTS) is 1. The van der Waals surface area contributed by atoms with Gasteiger partial charge in [-0.25, -0.2) is 4.79 Å². The molecule has 0 aliphatic heterocycles. The number of anilines is 1. The summed E-state index contributed by atoms with van der Waals surface area (Å²) in [5.74, 6) is -1.38. The van der Waals surface area contributed by atoms with Gasteiger partial charge in [-0.2, -0.15) is 0 Å². The topological polar surface area (TPSA) is 81.5 Å². The number of carboxylic acids is 1. The maximum absolute atomic E-state index is 11.5. The molecule has 0 heterocycles. The van der Waals surface area contributed by atoms with Crippen LogP contribution in [0.25, 0.3) is 0 Å². The first-order chi connectivity index (χ1) is 8.36. The van der Waals surface area contributed by atoms with E-state index < -0.39 is 5.97 Å². The first kappa shape index (κ1) is 13.9. The zero-order valence-electron chi connectivity index (χ0n) is 10.7. The van der Waals surface area contributed by atoms with Crippen molar-refractivity contribution in [1.82, 2.24) is 0 Å². The fourth-order valence-electron chi connectivity index (χ4n) is 1.47. The second kappa shape index (κ2) is 5.44. The molecule has 0 saturated heterocycles. The van der Waals surface area contributed by atoms with Gasteiger partial charge in [-0.3, -0.25) is 10.2 Å². The van der Waals surface area contributed by atoms with Crippen LogP contribution < -0.4 is 4.90 Å². The molecule has 0 aromatic heterocycles. The molecular weight excluding hydrogens is 232 g/mol. The number of nitrogens with zero attached hydrogens (tertiary/aromatic N) is 1. The third kappa shape index (κ3) is 2.94. The largest absolute Gasteiger partial charge is 0.478 e. The minimum absolute atomic E-state index is 0.0739. The first-order valence-electron chi connectivity index (χ1n) is 5.54. The van der Waals surface area contributed by atoms with Crippen molar-refractivity contribution in [3.8, 4) is 0 Å². The summed E-state index contributed by atoms with van der Waals surface area (Å²) in [6.07, 6.45) is 0.230. The monoisotopic (exact) mass is 248 g/mol. The van der Waals surface area contributed by atoms with E-state index in [2.05, 4.69) is 0 Å². The van der Waals surface area contributed by atoms with Crippen molar-refractivity contribution in [3.05, 3.63) is 29.3 Å². The lowest BCUT2D eigenvalue weighted by atomic mass is 10.0. The Morgan fingerprint density at radius 3 is 2.22 bits per heavy atom. The highest BCUT2D eigenvalue weighted by Gasteiger charge is 2.14. The minimum atomic E-state index is -1.07. The second-order valence-corrected chi connectivity index (χ2v) is 4.12. The Labute approximate surface area is 106 Å². The summed E-state index contributed by atoms with van der Waals surface area (Å²) in [6.45, 7) is 1.67. The average Bonchev–Trinajstić information content (AvgIpc) is 2.36. The van der Waals surface area contributed by atoms with Gasteiger partial charge in [0.25, 0.3) is 0 Å². The van der Waals surface area contributed by atoms with Gasteiger partial charge in [0.2, 0.25) is 0 Å². The summed E-state index contributed by atoms with van der Waals surface area (Å²) in [5, 5.41) is 16.8. The van der Waals surface area contributed by atoms with Crippen LogP contribution in [0.1, 0.15) is 29.3 Å². The summed E-state index contributed by atoms with van der Waals surface area (Å²) in [7, 11) is 3.55. The number of hydrogen-bond donors (Lipinski definition) is 2. The molecule has 0 radical (unpaired) electrons. The van der Waals surface area contributed by atoms with Crippen LogP contribution in [0.15, 0.2) is 18.2 Å². The van der Waals surface area contributed by atoms with E-state index in [1.54, 1.807) is 32.0 Å². The van der Waals surface area contributed by atoms with E-state index in [1.165, 1.54) is 12.1 Å². The summed E-state index contributed by atoms with van der Waals surface area (Å²) >= 11 is 0. The van der Waals surface area contributed by atoms with Crippen molar-refractivity contribution >= 4 is 23.2 Å². The van der Waals surface area contributed by atoms with Crippen molar-refractivity contribution in [1.29, 1.82) is 5.41 Å². The zero-order valence-corrected chi connectivity index (χ0v) is 10.7. The molecular formula is C13H16N2O3. The third-order valence-electron chi connectivity index (χ3n) is 2.57. The van der Waals surface area contributed by atoms with E-state index in [-0.39, 0.29) is 23.5 Å².